The lowest BCUT2D eigenvalue weighted by Gasteiger charge is -2.52. The molecule has 0 aliphatic carbocycles. The average molecular weight is 374 g/mol. The van der Waals surface area contributed by atoms with Crippen molar-refractivity contribution >= 4 is 5.91 Å². The van der Waals surface area contributed by atoms with Gasteiger partial charge in [0.25, 0.3) is 5.91 Å². The Kier molecular flexibility index (Phi) is 5.55. The molecule has 1 aromatic carbocycles. The van der Waals surface area contributed by atoms with E-state index in [2.05, 4.69) is 4.90 Å². The van der Waals surface area contributed by atoms with Crippen molar-refractivity contribution < 1.29 is 19.0 Å². The highest BCUT2D eigenvalue weighted by atomic mass is 16.5. The van der Waals surface area contributed by atoms with Crippen LogP contribution in [0, 0.1) is 5.92 Å². The minimum Gasteiger partial charge on any atom is -0.493 e. The molecular weight excluding hydrogens is 344 g/mol. The summed E-state index contributed by atoms with van der Waals surface area (Å²) in [5.74, 6) is 1.90. The quantitative estimate of drug-likeness (QED) is 0.764. The molecule has 1 amide bonds. The maximum absolute atomic E-state index is 12.4. The van der Waals surface area contributed by atoms with Crippen molar-refractivity contribution in [3.8, 4) is 11.5 Å². The first-order valence-electron chi connectivity index (χ1n) is 10.1. The second-order valence-corrected chi connectivity index (χ2v) is 8.10. The van der Waals surface area contributed by atoms with Crippen LogP contribution >= 0.6 is 0 Å². The predicted octanol–water partition coefficient (Wildman–Crippen LogP) is 2.18. The Morgan fingerprint density at radius 1 is 1.22 bits per heavy atom. The van der Waals surface area contributed by atoms with Crippen LogP contribution in [0.2, 0.25) is 0 Å². The van der Waals surface area contributed by atoms with Gasteiger partial charge in [-0.25, -0.2) is 0 Å². The van der Waals surface area contributed by atoms with Gasteiger partial charge in [-0.3, -0.25) is 4.79 Å². The van der Waals surface area contributed by atoms with Gasteiger partial charge < -0.3 is 24.0 Å². The van der Waals surface area contributed by atoms with Gasteiger partial charge in [0.15, 0.2) is 18.1 Å². The number of carbonyl (C=O) groups excluding carboxylic acids is 1. The molecule has 0 aromatic heterocycles. The zero-order valence-corrected chi connectivity index (χ0v) is 16.2. The Labute approximate surface area is 161 Å². The minimum atomic E-state index is -0.110. The van der Waals surface area contributed by atoms with Crippen molar-refractivity contribution in [3.63, 3.8) is 0 Å². The molecule has 3 heterocycles. The second-order valence-electron chi connectivity index (χ2n) is 8.10. The smallest absolute Gasteiger partial charge is 0.260 e. The number of para-hydroxylation sites is 2. The third-order valence-electron chi connectivity index (χ3n) is 6.08. The van der Waals surface area contributed by atoms with Gasteiger partial charge in [0, 0.05) is 6.54 Å². The first-order chi connectivity index (χ1) is 13.2. The Bertz CT molecular complexity index is 643. The molecule has 27 heavy (non-hydrogen) atoms. The van der Waals surface area contributed by atoms with Gasteiger partial charge in [0.1, 0.15) is 5.60 Å². The van der Waals surface area contributed by atoms with Crippen LogP contribution in [-0.2, 0) is 9.53 Å². The number of hydrogen-bond acceptors (Lipinski definition) is 5. The molecule has 3 fully saturated rings. The van der Waals surface area contributed by atoms with E-state index in [-0.39, 0.29) is 18.1 Å². The number of rotatable bonds is 6. The Balaban J connectivity index is 1.19. The van der Waals surface area contributed by atoms with E-state index in [1.165, 1.54) is 38.9 Å². The maximum atomic E-state index is 12.4. The number of methoxy groups -OCH3 is 1. The van der Waals surface area contributed by atoms with E-state index >= 15 is 0 Å². The lowest BCUT2D eigenvalue weighted by Crippen LogP contribution is -2.67. The molecular formula is C21H30N2O4. The van der Waals surface area contributed by atoms with Gasteiger partial charge in [0.2, 0.25) is 0 Å². The molecule has 0 saturated carbocycles. The Morgan fingerprint density at radius 2 is 1.96 bits per heavy atom. The summed E-state index contributed by atoms with van der Waals surface area (Å²) in [4.78, 5) is 16.8. The molecule has 0 N–H and O–H groups in total. The van der Waals surface area contributed by atoms with Crippen LogP contribution in [0.3, 0.4) is 0 Å². The monoisotopic (exact) mass is 374 g/mol. The van der Waals surface area contributed by atoms with Crippen molar-refractivity contribution in [3.05, 3.63) is 24.3 Å². The summed E-state index contributed by atoms with van der Waals surface area (Å²) in [6.45, 7) is 5.91. The summed E-state index contributed by atoms with van der Waals surface area (Å²) in [6.07, 6.45) is 4.94. The number of benzene rings is 1. The molecule has 3 aliphatic rings. The second kappa shape index (κ2) is 8.07. The first-order valence-corrected chi connectivity index (χ1v) is 10.1. The molecule has 0 radical (unpaired) electrons. The van der Waals surface area contributed by atoms with Crippen molar-refractivity contribution in [2.45, 2.75) is 31.3 Å². The maximum Gasteiger partial charge on any atom is 0.260 e. The summed E-state index contributed by atoms with van der Waals surface area (Å²) >= 11 is 0. The van der Waals surface area contributed by atoms with Crippen LogP contribution in [0.5, 0.6) is 11.5 Å². The highest BCUT2D eigenvalue weighted by molar-refractivity contribution is 5.79. The normalized spacial score (nSPS) is 24.6. The van der Waals surface area contributed by atoms with Gasteiger partial charge in [-0.2, -0.15) is 0 Å². The van der Waals surface area contributed by atoms with Gasteiger partial charge in [-0.15, -0.1) is 0 Å². The third-order valence-corrected chi connectivity index (χ3v) is 6.08. The van der Waals surface area contributed by atoms with Crippen molar-refractivity contribution in [2.75, 3.05) is 53.0 Å². The summed E-state index contributed by atoms with van der Waals surface area (Å²) in [5, 5.41) is 0. The molecule has 148 valence electrons. The first kappa shape index (κ1) is 18.6. The highest BCUT2D eigenvalue weighted by Gasteiger charge is 2.48. The Hall–Kier alpha value is -1.79. The minimum absolute atomic E-state index is 0.00863. The standard InChI is InChI=1S/C21H30N2O4/c1-25-18-6-2-3-7-19(18)26-14-20(24)23-15-21(16-23)9-8-17(13-27-21)12-22-10-4-5-11-22/h2-3,6-7,17H,4-5,8-16H2,1H3/t17-/m1/s1. The SMILES string of the molecule is COc1ccccc1OCC(=O)N1CC2(CC[C@H](CN3CCCC3)CO2)C1. The van der Waals surface area contributed by atoms with E-state index in [0.717, 1.165) is 13.0 Å². The van der Waals surface area contributed by atoms with Crippen LogP contribution in [0.4, 0.5) is 0 Å². The van der Waals surface area contributed by atoms with Crippen molar-refractivity contribution in [1.82, 2.24) is 9.80 Å². The molecule has 6 heteroatoms. The molecule has 4 rings (SSSR count). The third kappa shape index (κ3) is 4.22. The fraction of sp³-hybridized carbons (Fsp3) is 0.667. The van der Waals surface area contributed by atoms with E-state index in [0.29, 0.717) is 30.5 Å². The summed E-state index contributed by atoms with van der Waals surface area (Å²) in [6, 6.07) is 7.39. The van der Waals surface area contributed by atoms with E-state index in [4.69, 9.17) is 14.2 Å². The largest absolute Gasteiger partial charge is 0.493 e. The number of ether oxygens (including phenoxy) is 3. The van der Waals surface area contributed by atoms with Crippen LogP contribution in [0.25, 0.3) is 0 Å². The molecule has 1 aromatic rings. The summed E-state index contributed by atoms with van der Waals surface area (Å²) < 4.78 is 17.1. The molecule has 1 spiro atoms. The number of nitrogens with zero attached hydrogens (tertiary/aromatic N) is 2. The molecule has 0 unspecified atom stereocenters. The number of carbonyl (C=O) groups is 1. The molecule has 6 nitrogen and oxygen atoms in total. The van der Waals surface area contributed by atoms with E-state index in [1.54, 1.807) is 7.11 Å². The van der Waals surface area contributed by atoms with E-state index in [9.17, 15) is 4.79 Å². The predicted molar refractivity (Wildman–Crippen MR) is 102 cm³/mol. The molecule has 1 atom stereocenters. The average Bonchev–Trinajstić information content (AvgIpc) is 3.18. The van der Waals surface area contributed by atoms with Gasteiger partial charge >= 0.3 is 0 Å². The topological polar surface area (TPSA) is 51.2 Å². The molecule has 3 saturated heterocycles. The summed E-state index contributed by atoms with van der Waals surface area (Å²) in [5.41, 5.74) is -0.110. The van der Waals surface area contributed by atoms with Crippen LogP contribution in [0.1, 0.15) is 25.7 Å². The van der Waals surface area contributed by atoms with Gasteiger partial charge in [-0.05, 0) is 56.8 Å². The van der Waals surface area contributed by atoms with Crippen LogP contribution in [0.15, 0.2) is 24.3 Å². The Morgan fingerprint density at radius 3 is 2.63 bits per heavy atom. The lowest BCUT2D eigenvalue weighted by molar-refractivity contribution is -0.190. The fourth-order valence-corrected chi connectivity index (χ4v) is 4.44. The van der Waals surface area contributed by atoms with E-state index in [1.807, 2.05) is 29.2 Å². The van der Waals surface area contributed by atoms with Gasteiger partial charge in [-0.1, -0.05) is 12.1 Å². The number of amides is 1. The van der Waals surface area contributed by atoms with Gasteiger partial charge in [0.05, 0.1) is 26.8 Å². The molecule has 3 aliphatic heterocycles. The number of likely N-dealkylation sites (tertiary alicyclic amines) is 2. The van der Waals surface area contributed by atoms with Crippen molar-refractivity contribution in [1.29, 1.82) is 0 Å². The van der Waals surface area contributed by atoms with Crippen molar-refractivity contribution in [2.24, 2.45) is 5.92 Å². The zero-order valence-electron chi connectivity index (χ0n) is 16.2. The lowest BCUT2D eigenvalue weighted by atomic mass is 9.82. The fourth-order valence-electron chi connectivity index (χ4n) is 4.44. The van der Waals surface area contributed by atoms with Crippen LogP contribution in [-0.4, -0.2) is 74.4 Å². The zero-order chi connectivity index (χ0) is 18.7. The highest BCUT2D eigenvalue weighted by Crippen LogP contribution is 2.36. The molecule has 0 bridgehead atoms. The van der Waals surface area contributed by atoms with E-state index < -0.39 is 0 Å². The summed E-state index contributed by atoms with van der Waals surface area (Å²) in [7, 11) is 1.60. The number of hydrogen-bond donors (Lipinski definition) is 0. The van der Waals surface area contributed by atoms with Crippen LogP contribution < -0.4 is 9.47 Å².